The molecule has 0 radical (unpaired) electrons. The molecule has 0 aliphatic rings. The van der Waals surface area contributed by atoms with E-state index in [0.29, 0.717) is 11.1 Å². The molecule has 0 saturated carbocycles. The number of halogens is 2. The van der Waals surface area contributed by atoms with Crippen LogP contribution in [0.4, 0.5) is 5.82 Å². The predicted octanol–water partition coefficient (Wildman–Crippen LogP) is 2.90. The average Bonchev–Trinajstić information content (AvgIpc) is 2.84. The van der Waals surface area contributed by atoms with Crippen molar-refractivity contribution in [2.24, 2.45) is 0 Å². The first-order chi connectivity index (χ1) is 16.8. The van der Waals surface area contributed by atoms with E-state index >= 15 is 0 Å². The lowest BCUT2D eigenvalue weighted by Crippen LogP contribution is -2.33. The van der Waals surface area contributed by atoms with Crippen LogP contribution in [0.1, 0.15) is 0 Å². The van der Waals surface area contributed by atoms with Crippen LogP contribution in [0.15, 0.2) is 69.1 Å². The number of pyridine rings is 1. The van der Waals surface area contributed by atoms with Gasteiger partial charge >= 0.3 is 5.69 Å². The maximum Gasteiger partial charge on any atom is 0.349 e. The highest BCUT2D eigenvalue weighted by molar-refractivity contribution is 6.37. The number of nitrogens with zero attached hydrogens (tertiary/aromatic N) is 4. The Morgan fingerprint density at radius 2 is 1.74 bits per heavy atom. The number of para-hydroxylation sites is 1. The molecule has 0 bridgehead atoms. The van der Waals surface area contributed by atoms with E-state index < -0.39 is 22.6 Å². The number of nitrogens with one attached hydrogen (secondary N) is 2. The summed E-state index contributed by atoms with van der Waals surface area (Å²) in [6, 6.07) is 13.3. The minimum absolute atomic E-state index is 0.00144. The lowest BCUT2D eigenvalue weighted by molar-refractivity contribution is 0.456. The van der Waals surface area contributed by atoms with Gasteiger partial charge in [-0.1, -0.05) is 41.4 Å². The van der Waals surface area contributed by atoms with Gasteiger partial charge in [-0.05, 0) is 24.3 Å². The standard InChI is InChI=1S/C22H13Cl2N7O4/c23-14-6-12(31-22(34)27-20(33)19(25)30-31)7-15(24)18(14)35-21-13(8-17(32)28-29-21)11-5-10-3-1-2-4-16(10)26-9-11/h1-9H,(H2,25,30)(H,28,32)(H,27,33,34). The number of benzene rings is 2. The summed E-state index contributed by atoms with van der Waals surface area (Å²) in [6.45, 7) is 0. The van der Waals surface area contributed by atoms with Crippen molar-refractivity contribution in [1.82, 2.24) is 29.9 Å². The van der Waals surface area contributed by atoms with Crippen molar-refractivity contribution in [3.8, 4) is 28.4 Å². The number of fused-ring (bicyclic) bond motifs is 1. The average molecular weight is 510 g/mol. The maximum atomic E-state index is 12.1. The SMILES string of the molecule is Nc1nn(-c2cc(Cl)c(Oc3n[nH]c(=O)cc3-c3cnc4ccccc4c3)c(Cl)c2)c(=O)[nH]c1=O. The van der Waals surface area contributed by atoms with E-state index in [4.69, 9.17) is 33.7 Å². The molecule has 0 aliphatic carbocycles. The molecule has 0 saturated heterocycles. The number of hydrogen-bond donors (Lipinski definition) is 3. The summed E-state index contributed by atoms with van der Waals surface area (Å²) in [4.78, 5) is 42.1. The van der Waals surface area contributed by atoms with E-state index in [-0.39, 0.29) is 27.4 Å². The normalized spacial score (nSPS) is 11.0. The first-order valence-electron chi connectivity index (χ1n) is 9.91. The fraction of sp³-hybridized carbons (Fsp3) is 0. The number of nitrogen functional groups attached to an aromatic ring is 1. The minimum Gasteiger partial charge on any atom is -0.434 e. The zero-order valence-electron chi connectivity index (χ0n) is 17.5. The molecule has 5 rings (SSSR count). The van der Waals surface area contributed by atoms with Gasteiger partial charge in [-0.25, -0.2) is 9.89 Å². The van der Waals surface area contributed by atoms with Crippen LogP contribution in [0.3, 0.4) is 0 Å². The monoisotopic (exact) mass is 509 g/mol. The summed E-state index contributed by atoms with van der Waals surface area (Å²) in [6.07, 6.45) is 1.59. The first-order valence-corrected chi connectivity index (χ1v) is 10.7. The van der Waals surface area contributed by atoms with Gasteiger partial charge < -0.3 is 10.5 Å². The molecule has 0 fully saturated rings. The van der Waals surface area contributed by atoms with Gasteiger partial charge in [0.05, 0.1) is 26.8 Å². The molecule has 0 amide bonds. The van der Waals surface area contributed by atoms with Gasteiger partial charge in [0.25, 0.3) is 11.1 Å². The van der Waals surface area contributed by atoms with Crippen molar-refractivity contribution in [2.45, 2.75) is 0 Å². The van der Waals surface area contributed by atoms with Crippen LogP contribution in [0, 0.1) is 0 Å². The molecule has 174 valence electrons. The molecule has 35 heavy (non-hydrogen) atoms. The van der Waals surface area contributed by atoms with Gasteiger partial charge in [0.1, 0.15) is 0 Å². The van der Waals surface area contributed by atoms with Crippen LogP contribution < -0.4 is 27.3 Å². The predicted molar refractivity (Wildman–Crippen MR) is 131 cm³/mol. The second kappa shape index (κ2) is 8.70. The number of anilines is 1. The van der Waals surface area contributed by atoms with Crippen molar-refractivity contribution in [3.63, 3.8) is 0 Å². The van der Waals surface area contributed by atoms with Crippen LogP contribution in [0.5, 0.6) is 11.6 Å². The number of aromatic amines is 2. The van der Waals surface area contributed by atoms with Crippen molar-refractivity contribution in [2.75, 3.05) is 5.73 Å². The topological polar surface area (TPSA) is 162 Å². The molecule has 5 aromatic rings. The summed E-state index contributed by atoms with van der Waals surface area (Å²) in [7, 11) is 0. The van der Waals surface area contributed by atoms with Crippen LogP contribution in [-0.4, -0.2) is 29.9 Å². The van der Waals surface area contributed by atoms with Gasteiger partial charge in [0.15, 0.2) is 5.75 Å². The molecule has 11 nitrogen and oxygen atoms in total. The highest BCUT2D eigenvalue weighted by Gasteiger charge is 2.18. The van der Waals surface area contributed by atoms with Crippen molar-refractivity contribution in [1.29, 1.82) is 0 Å². The summed E-state index contributed by atoms with van der Waals surface area (Å²) in [5.41, 5.74) is 5.26. The van der Waals surface area contributed by atoms with Gasteiger partial charge in [0.2, 0.25) is 11.7 Å². The minimum atomic E-state index is -0.835. The zero-order valence-corrected chi connectivity index (χ0v) is 19.0. The Morgan fingerprint density at radius 3 is 2.51 bits per heavy atom. The molecule has 3 heterocycles. The van der Waals surface area contributed by atoms with Crippen LogP contribution in [-0.2, 0) is 0 Å². The Labute approximate surface area is 204 Å². The maximum absolute atomic E-state index is 12.1. The van der Waals surface area contributed by atoms with Crippen LogP contribution in [0.2, 0.25) is 10.0 Å². The third-order valence-corrected chi connectivity index (χ3v) is 5.52. The molecule has 13 heteroatoms. The quantitative estimate of drug-likeness (QED) is 0.333. The number of H-pyrrole nitrogens is 2. The van der Waals surface area contributed by atoms with E-state index in [0.717, 1.165) is 15.6 Å². The highest BCUT2D eigenvalue weighted by atomic mass is 35.5. The highest BCUT2D eigenvalue weighted by Crippen LogP contribution is 2.40. The number of ether oxygens (including phenoxy) is 1. The van der Waals surface area contributed by atoms with E-state index in [2.05, 4.69) is 20.3 Å². The van der Waals surface area contributed by atoms with Crippen LogP contribution >= 0.6 is 23.2 Å². The molecule has 0 unspecified atom stereocenters. The fourth-order valence-electron chi connectivity index (χ4n) is 3.34. The van der Waals surface area contributed by atoms with Crippen LogP contribution in [0.25, 0.3) is 27.7 Å². The number of aromatic nitrogens is 6. The van der Waals surface area contributed by atoms with Gasteiger partial charge in [-0.15, -0.1) is 10.2 Å². The molecular weight excluding hydrogens is 497 g/mol. The van der Waals surface area contributed by atoms with E-state index in [9.17, 15) is 14.4 Å². The molecule has 4 N–H and O–H groups in total. The Balaban J connectivity index is 1.58. The number of rotatable bonds is 4. The Kier molecular flexibility index (Phi) is 5.55. The summed E-state index contributed by atoms with van der Waals surface area (Å²) >= 11 is 12.8. The fourth-order valence-corrected chi connectivity index (χ4v) is 3.90. The summed E-state index contributed by atoms with van der Waals surface area (Å²) in [5.74, 6) is -0.387. The van der Waals surface area contributed by atoms with E-state index in [1.165, 1.54) is 18.2 Å². The number of hydrogen-bond acceptors (Lipinski definition) is 8. The van der Waals surface area contributed by atoms with E-state index in [1.54, 1.807) is 6.20 Å². The third kappa shape index (κ3) is 4.25. The second-order valence-corrected chi connectivity index (χ2v) is 8.08. The van der Waals surface area contributed by atoms with Crippen molar-refractivity contribution in [3.05, 3.63) is 96.0 Å². The van der Waals surface area contributed by atoms with Crippen molar-refractivity contribution < 1.29 is 4.74 Å². The van der Waals surface area contributed by atoms with Gasteiger partial charge in [-0.3, -0.25) is 19.6 Å². The smallest absolute Gasteiger partial charge is 0.349 e. The zero-order chi connectivity index (χ0) is 24.7. The lowest BCUT2D eigenvalue weighted by atomic mass is 10.1. The molecule has 2 aromatic carbocycles. The second-order valence-electron chi connectivity index (χ2n) is 7.26. The molecular formula is C22H13Cl2N7O4. The Hall–Kier alpha value is -4.48. The van der Waals surface area contributed by atoms with Gasteiger partial charge in [-0.2, -0.15) is 4.68 Å². The van der Waals surface area contributed by atoms with E-state index in [1.807, 2.05) is 35.3 Å². The Morgan fingerprint density at radius 1 is 1.00 bits per heavy atom. The summed E-state index contributed by atoms with van der Waals surface area (Å²) in [5, 5.41) is 10.9. The molecule has 0 atom stereocenters. The Bertz CT molecular complexity index is 1770. The molecule has 3 aromatic heterocycles. The number of nitrogens with two attached hydrogens (primary N) is 1. The molecule has 0 aliphatic heterocycles. The summed E-state index contributed by atoms with van der Waals surface area (Å²) < 4.78 is 6.73. The first kappa shape index (κ1) is 22.3. The lowest BCUT2D eigenvalue weighted by Gasteiger charge is -2.14. The van der Waals surface area contributed by atoms with Crippen molar-refractivity contribution >= 4 is 39.9 Å². The van der Waals surface area contributed by atoms with Gasteiger partial charge in [0, 0.05) is 23.2 Å². The largest absolute Gasteiger partial charge is 0.434 e. The molecule has 0 spiro atoms. The third-order valence-electron chi connectivity index (χ3n) is 4.95.